The van der Waals surface area contributed by atoms with E-state index in [4.69, 9.17) is 4.74 Å². The second-order valence-corrected chi connectivity index (χ2v) is 18.4. The lowest BCUT2D eigenvalue weighted by Crippen LogP contribution is -2.47. The van der Waals surface area contributed by atoms with Gasteiger partial charge in [-0.15, -0.1) is 0 Å². The van der Waals surface area contributed by atoms with E-state index in [1.54, 1.807) is 12.1 Å². The van der Waals surface area contributed by atoms with Crippen LogP contribution in [-0.2, 0) is 31.4 Å². The van der Waals surface area contributed by atoms with Gasteiger partial charge in [-0.3, -0.25) is 4.79 Å². The number of aromatic nitrogens is 1. The van der Waals surface area contributed by atoms with Crippen molar-refractivity contribution in [2.24, 2.45) is 10.8 Å². The van der Waals surface area contributed by atoms with Crippen LogP contribution in [0.5, 0.6) is 5.88 Å². The van der Waals surface area contributed by atoms with Crippen molar-refractivity contribution in [1.29, 1.82) is 0 Å². The molecule has 2 saturated carbocycles. The zero-order chi connectivity index (χ0) is 34.3. The molecule has 7 rings (SSSR count). The molecule has 4 heterocycles. The molecule has 3 unspecified atom stereocenters. The number of fused-ring (bicyclic) bond motifs is 1. The van der Waals surface area contributed by atoms with Gasteiger partial charge in [-0.2, -0.15) is 21.8 Å². The van der Waals surface area contributed by atoms with Crippen LogP contribution in [-0.4, -0.2) is 86.2 Å². The first-order valence-corrected chi connectivity index (χ1v) is 19.5. The van der Waals surface area contributed by atoms with Gasteiger partial charge in [0.2, 0.25) is 25.9 Å². The highest BCUT2D eigenvalue weighted by molar-refractivity contribution is 7.89. The molecule has 0 bridgehead atoms. The summed E-state index contributed by atoms with van der Waals surface area (Å²) in [7, 11) is -6.78. The predicted molar refractivity (Wildman–Crippen MR) is 169 cm³/mol. The van der Waals surface area contributed by atoms with Crippen molar-refractivity contribution < 1.29 is 39.5 Å². The topological polar surface area (TPSA) is 117 Å². The lowest BCUT2D eigenvalue weighted by atomic mass is 9.67. The highest BCUT2D eigenvalue weighted by atomic mass is 32.2. The third-order valence-corrected chi connectivity index (χ3v) is 15.6. The minimum absolute atomic E-state index is 0.00555. The number of sulfonamides is 2. The minimum Gasteiger partial charge on any atom is -0.481 e. The van der Waals surface area contributed by atoms with Crippen LogP contribution < -0.4 is 4.74 Å². The Kier molecular flexibility index (Phi) is 8.20. The molecule has 3 atom stereocenters. The summed E-state index contributed by atoms with van der Waals surface area (Å²) >= 11 is 0. The van der Waals surface area contributed by atoms with E-state index < -0.39 is 50.6 Å². The summed E-state index contributed by atoms with van der Waals surface area (Å²) < 4.78 is 107. The summed E-state index contributed by atoms with van der Waals surface area (Å²) in [6.45, 7) is 1.70. The molecule has 2 aliphatic carbocycles. The third-order valence-electron chi connectivity index (χ3n) is 11.7. The monoisotopic (exact) mass is 710 g/mol. The van der Waals surface area contributed by atoms with E-state index in [0.29, 0.717) is 23.4 Å². The predicted octanol–water partition coefficient (Wildman–Crippen LogP) is 5.06. The van der Waals surface area contributed by atoms with Gasteiger partial charge in [-0.1, -0.05) is 25.0 Å². The number of carbonyl (C=O) groups is 1. The van der Waals surface area contributed by atoms with E-state index >= 15 is 0 Å². The van der Waals surface area contributed by atoms with Crippen LogP contribution in [0.15, 0.2) is 46.3 Å². The molecule has 3 aliphatic heterocycles. The Morgan fingerprint density at radius 1 is 0.979 bits per heavy atom. The smallest absolute Gasteiger partial charge is 0.471 e. The Bertz CT molecular complexity index is 1830. The number of benzene rings is 1. The van der Waals surface area contributed by atoms with Crippen molar-refractivity contribution in [3.8, 4) is 5.88 Å². The molecule has 15 heteroatoms. The Morgan fingerprint density at radius 2 is 1.65 bits per heavy atom. The zero-order valence-corrected chi connectivity index (χ0v) is 28.7. The molecule has 0 radical (unpaired) electrons. The summed E-state index contributed by atoms with van der Waals surface area (Å²) in [6, 6.07) is 6.66. The molecular formula is C33H41F3N4O6S2. The van der Waals surface area contributed by atoms with Crippen molar-refractivity contribution in [2.75, 3.05) is 26.7 Å². The molecule has 2 spiro atoms. The number of halogens is 3. The maximum Gasteiger partial charge on any atom is 0.471 e. The Balaban J connectivity index is 1.27. The summed E-state index contributed by atoms with van der Waals surface area (Å²) in [5, 5.41) is 0. The van der Waals surface area contributed by atoms with Gasteiger partial charge in [-0.05, 0) is 86.0 Å². The van der Waals surface area contributed by atoms with Crippen LogP contribution in [0, 0.1) is 10.8 Å². The van der Waals surface area contributed by atoms with Crippen LogP contribution in [0.2, 0.25) is 0 Å². The highest BCUT2D eigenvalue weighted by Gasteiger charge is 2.54. The van der Waals surface area contributed by atoms with Gasteiger partial charge in [0.05, 0.1) is 16.9 Å². The second-order valence-electron chi connectivity index (χ2n) is 14.7. The third kappa shape index (κ3) is 5.62. The van der Waals surface area contributed by atoms with Gasteiger partial charge in [0.15, 0.2) is 0 Å². The molecule has 1 aromatic heterocycles. The maximum atomic E-state index is 14.3. The van der Waals surface area contributed by atoms with E-state index in [1.165, 1.54) is 40.1 Å². The van der Waals surface area contributed by atoms with Gasteiger partial charge in [0, 0.05) is 56.4 Å². The number of pyridine rings is 1. The average molecular weight is 711 g/mol. The molecule has 5 aliphatic rings. The normalized spacial score (nSPS) is 27.1. The largest absolute Gasteiger partial charge is 0.481 e. The molecule has 48 heavy (non-hydrogen) atoms. The molecule has 1 amide bonds. The lowest BCUT2D eigenvalue weighted by Gasteiger charge is -2.39. The number of ether oxygens (including phenoxy) is 1. The Morgan fingerprint density at radius 3 is 2.25 bits per heavy atom. The standard InChI is InChI=1S/C33H41F3N4O6S2/c1-22-16-31(9-4-10-31)20-39(22)48(44,45)28-7-3-6-26-23(18-38(19-27(26)28)30(41)33(34,35)36)14-24-17-32(11-5-12-32)21-40(24)47(42,43)25-8-13-37-29(15-25)46-2/h3,6-8,13,15,22-24H,4-5,9-12,14,16-21H2,1-2H3. The van der Waals surface area contributed by atoms with Crippen LogP contribution in [0.3, 0.4) is 0 Å². The first kappa shape index (κ1) is 33.7. The molecule has 4 fully saturated rings. The summed E-state index contributed by atoms with van der Waals surface area (Å²) in [5.41, 5.74) is 0.431. The van der Waals surface area contributed by atoms with Crippen LogP contribution >= 0.6 is 0 Å². The molecule has 2 saturated heterocycles. The summed E-state index contributed by atoms with van der Waals surface area (Å²) in [4.78, 5) is 17.4. The average Bonchev–Trinajstić information content (AvgIpc) is 3.60. The summed E-state index contributed by atoms with van der Waals surface area (Å²) in [5.74, 6) is -2.63. The number of hydrogen-bond acceptors (Lipinski definition) is 7. The van der Waals surface area contributed by atoms with E-state index in [0.717, 1.165) is 44.9 Å². The van der Waals surface area contributed by atoms with Crippen molar-refractivity contribution in [3.63, 3.8) is 0 Å². The first-order chi connectivity index (χ1) is 22.6. The van der Waals surface area contributed by atoms with Crippen molar-refractivity contribution in [3.05, 3.63) is 47.7 Å². The second kappa shape index (κ2) is 11.7. The fraction of sp³-hybridized carbons (Fsp3) is 0.636. The van der Waals surface area contributed by atoms with E-state index in [2.05, 4.69) is 4.98 Å². The number of rotatable bonds is 7. The van der Waals surface area contributed by atoms with Crippen LogP contribution in [0.1, 0.15) is 81.8 Å². The van der Waals surface area contributed by atoms with Gasteiger partial charge in [-0.25, -0.2) is 21.8 Å². The molecule has 0 N–H and O–H groups in total. The van der Waals surface area contributed by atoms with Gasteiger partial charge >= 0.3 is 12.1 Å². The van der Waals surface area contributed by atoms with Gasteiger partial charge in [0.1, 0.15) is 0 Å². The van der Waals surface area contributed by atoms with E-state index in [1.807, 2.05) is 6.92 Å². The number of nitrogens with zero attached hydrogens (tertiary/aromatic N) is 4. The molecule has 262 valence electrons. The van der Waals surface area contributed by atoms with Crippen LogP contribution in [0.25, 0.3) is 0 Å². The maximum absolute atomic E-state index is 14.3. The van der Waals surface area contributed by atoms with E-state index in [9.17, 15) is 34.8 Å². The molecule has 10 nitrogen and oxygen atoms in total. The number of alkyl halides is 3. The minimum atomic E-state index is -5.16. The first-order valence-electron chi connectivity index (χ1n) is 16.6. The fourth-order valence-corrected chi connectivity index (χ4v) is 12.8. The quantitative estimate of drug-likeness (QED) is 0.395. The Hall–Kier alpha value is -2.75. The lowest BCUT2D eigenvalue weighted by molar-refractivity contribution is -0.186. The fourth-order valence-electron chi connectivity index (χ4n) is 9.07. The van der Waals surface area contributed by atoms with Crippen LogP contribution in [0.4, 0.5) is 13.2 Å². The number of amides is 1. The molecule has 1 aromatic carbocycles. The number of carbonyl (C=O) groups excluding carboxylic acids is 1. The zero-order valence-electron chi connectivity index (χ0n) is 27.1. The van der Waals surface area contributed by atoms with Crippen molar-refractivity contribution in [2.45, 2.75) is 105 Å². The number of methoxy groups -OCH3 is 1. The highest BCUT2D eigenvalue weighted by Crippen LogP contribution is 2.54. The molecular weight excluding hydrogens is 670 g/mol. The van der Waals surface area contributed by atoms with Crippen molar-refractivity contribution >= 4 is 26.0 Å². The van der Waals surface area contributed by atoms with Gasteiger partial charge in [0.25, 0.3) is 0 Å². The molecule has 2 aromatic rings. The SMILES string of the molecule is COc1cc(S(=O)(=O)N2CC3(CCC3)CC2CC2CN(C(=O)C(F)(F)F)Cc3c2cccc3S(=O)(=O)N2CC3(CCC3)CC2C)ccn1. The van der Waals surface area contributed by atoms with Gasteiger partial charge < -0.3 is 9.64 Å². The van der Waals surface area contributed by atoms with Crippen molar-refractivity contribution in [1.82, 2.24) is 18.5 Å². The summed E-state index contributed by atoms with van der Waals surface area (Å²) in [6.07, 6.45) is 3.16. The Labute approximate surface area is 279 Å². The number of hydrogen-bond donors (Lipinski definition) is 0. The van der Waals surface area contributed by atoms with E-state index in [-0.39, 0.29) is 57.6 Å².